The molecule has 0 aromatic heterocycles. The van der Waals surface area contributed by atoms with E-state index in [9.17, 15) is 4.79 Å². The molecule has 0 unspecified atom stereocenters. The van der Waals surface area contributed by atoms with Crippen molar-refractivity contribution in [3.8, 4) is 0 Å². The van der Waals surface area contributed by atoms with Gasteiger partial charge in [-0.2, -0.15) is 0 Å². The molecule has 3 heteroatoms. The first-order chi connectivity index (χ1) is 5.36. The zero-order chi connectivity index (χ0) is 8.10. The molecule has 0 radical (unpaired) electrons. The van der Waals surface area contributed by atoms with Gasteiger partial charge in [-0.05, 0) is 12.8 Å². The van der Waals surface area contributed by atoms with Crippen LogP contribution in [0.5, 0.6) is 0 Å². The van der Waals surface area contributed by atoms with Gasteiger partial charge in [0.25, 0.3) is 0 Å². The normalized spacial score (nSPS) is 30.5. The van der Waals surface area contributed by atoms with Crippen molar-refractivity contribution in [3.05, 3.63) is 11.4 Å². The second-order valence-electron chi connectivity index (χ2n) is 2.92. The summed E-state index contributed by atoms with van der Waals surface area (Å²) >= 11 is 0. The van der Waals surface area contributed by atoms with E-state index in [1.165, 1.54) is 0 Å². The smallest absolute Gasteiger partial charge is 0.223 e. The maximum atomic E-state index is 10.1. The van der Waals surface area contributed by atoms with Gasteiger partial charge in [0.2, 0.25) is 12.5 Å². The molecule has 0 heterocycles. The summed E-state index contributed by atoms with van der Waals surface area (Å²) in [5.41, 5.74) is 0. The van der Waals surface area contributed by atoms with Crippen LogP contribution < -0.4 is 5.32 Å². The summed E-state index contributed by atoms with van der Waals surface area (Å²) in [6, 6.07) is 0.533. The lowest BCUT2D eigenvalue weighted by molar-refractivity contribution is -0.110. The van der Waals surface area contributed by atoms with Gasteiger partial charge in [0.1, 0.15) is 0 Å². The van der Waals surface area contributed by atoms with E-state index in [4.69, 9.17) is 6.57 Å². The molecular weight excluding hydrogens is 140 g/mol. The second kappa shape index (κ2) is 3.97. The number of nitrogens with one attached hydrogen (secondary N) is 1. The van der Waals surface area contributed by atoms with E-state index in [-0.39, 0.29) is 6.04 Å². The van der Waals surface area contributed by atoms with Gasteiger partial charge in [-0.15, -0.1) is 0 Å². The van der Waals surface area contributed by atoms with E-state index in [1.807, 2.05) is 0 Å². The lowest BCUT2D eigenvalue weighted by Gasteiger charge is -2.21. The van der Waals surface area contributed by atoms with Gasteiger partial charge in [0.05, 0.1) is 0 Å². The van der Waals surface area contributed by atoms with E-state index < -0.39 is 0 Å². The first-order valence-electron chi connectivity index (χ1n) is 3.93. The molecule has 1 aliphatic rings. The van der Waals surface area contributed by atoms with Crippen LogP contribution in [0.2, 0.25) is 0 Å². The standard InChI is InChI=1S/C8H12N2O/c1-9-7-2-4-8(5-3-7)10-6-11/h6-8H,2-5H2,(H,10,11). The number of amides is 1. The Hall–Kier alpha value is -1.04. The molecule has 60 valence electrons. The van der Waals surface area contributed by atoms with Crippen LogP contribution in [-0.2, 0) is 4.79 Å². The first-order valence-corrected chi connectivity index (χ1v) is 3.93. The Morgan fingerprint density at radius 1 is 1.36 bits per heavy atom. The highest BCUT2D eigenvalue weighted by Crippen LogP contribution is 2.20. The molecule has 0 aliphatic heterocycles. The van der Waals surface area contributed by atoms with Crippen LogP contribution in [-0.4, -0.2) is 18.5 Å². The molecule has 1 aliphatic carbocycles. The predicted octanol–water partition coefficient (Wildman–Crippen LogP) is 0.963. The van der Waals surface area contributed by atoms with Crippen molar-refractivity contribution in [2.75, 3.05) is 0 Å². The van der Waals surface area contributed by atoms with E-state index >= 15 is 0 Å². The van der Waals surface area contributed by atoms with Gasteiger partial charge in [0, 0.05) is 18.9 Å². The predicted molar refractivity (Wildman–Crippen MR) is 41.8 cm³/mol. The van der Waals surface area contributed by atoms with Crippen LogP contribution in [0, 0.1) is 6.57 Å². The van der Waals surface area contributed by atoms with Crippen molar-refractivity contribution in [2.24, 2.45) is 0 Å². The molecule has 11 heavy (non-hydrogen) atoms. The minimum Gasteiger partial charge on any atom is -0.356 e. The molecule has 0 spiro atoms. The first kappa shape index (κ1) is 8.06. The average molecular weight is 152 g/mol. The number of nitrogens with zero attached hydrogens (tertiary/aromatic N) is 1. The Labute approximate surface area is 66.6 Å². The molecule has 1 N–H and O–H groups in total. The topological polar surface area (TPSA) is 33.5 Å². The van der Waals surface area contributed by atoms with E-state index in [0.717, 1.165) is 32.1 Å². The van der Waals surface area contributed by atoms with Crippen molar-refractivity contribution in [1.82, 2.24) is 5.32 Å². The van der Waals surface area contributed by atoms with Crippen LogP contribution in [0.4, 0.5) is 0 Å². The highest BCUT2D eigenvalue weighted by Gasteiger charge is 2.23. The van der Waals surface area contributed by atoms with E-state index in [1.54, 1.807) is 0 Å². The molecule has 0 saturated heterocycles. The maximum absolute atomic E-state index is 10.1. The third-order valence-electron chi connectivity index (χ3n) is 2.18. The fourth-order valence-electron chi connectivity index (χ4n) is 1.47. The van der Waals surface area contributed by atoms with Crippen molar-refractivity contribution >= 4 is 6.41 Å². The number of rotatable bonds is 2. The van der Waals surface area contributed by atoms with Gasteiger partial charge >= 0.3 is 0 Å². The molecule has 1 amide bonds. The summed E-state index contributed by atoms with van der Waals surface area (Å²) in [5, 5.41) is 2.75. The van der Waals surface area contributed by atoms with Crippen LogP contribution in [0.3, 0.4) is 0 Å². The lowest BCUT2D eigenvalue weighted by Crippen LogP contribution is -2.32. The lowest BCUT2D eigenvalue weighted by atomic mass is 9.92. The van der Waals surface area contributed by atoms with Crippen molar-refractivity contribution in [1.29, 1.82) is 0 Å². The minimum atomic E-state index is 0.208. The minimum absolute atomic E-state index is 0.208. The Morgan fingerprint density at radius 2 is 2.00 bits per heavy atom. The molecular formula is C8H12N2O. The quantitative estimate of drug-likeness (QED) is 0.464. The number of hydrogen-bond donors (Lipinski definition) is 1. The van der Waals surface area contributed by atoms with Crippen molar-refractivity contribution in [3.63, 3.8) is 0 Å². The molecule has 1 fully saturated rings. The van der Waals surface area contributed by atoms with Crippen LogP contribution in [0.15, 0.2) is 0 Å². The Morgan fingerprint density at radius 3 is 2.45 bits per heavy atom. The largest absolute Gasteiger partial charge is 0.356 e. The summed E-state index contributed by atoms with van der Waals surface area (Å²) in [7, 11) is 0. The Bertz CT molecular complexity index is 165. The molecule has 1 rings (SSSR count). The average Bonchev–Trinajstić information content (AvgIpc) is 2.07. The monoisotopic (exact) mass is 152 g/mol. The van der Waals surface area contributed by atoms with E-state index in [0.29, 0.717) is 6.04 Å². The summed E-state index contributed by atoms with van der Waals surface area (Å²) < 4.78 is 0. The third-order valence-corrected chi connectivity index (χ3v) is 2.18. The zero-order valence-corrected chi connectivity index (χ0v) is 6.42. The highest BCUT2D eigenvalue weighted by molar-refractivity contribution is 5.46. The molecule has 1 saturated carbocycles. The third kappa shape index (κ3) is 2.23. The van der Waals surface area contributed by atoms with Gasteiger partial charge in [-0.1, -0.05) is 0 Å². The summed E-state index contributed by atoms with van der Waals surface area (Å²) in [5.74, 6) is 0. The van der Waals surface area contributed by atoms with Crippen LogP contribution in [0.1, 0.15) is 25.7 Å². The highest BCUT2D eigenvalue weighted by atomic mass is 16.1. The number of hydrogen-bond acceptors (Lipinski definition) is 1. The van der Waals surface area contributed by atoms with Gasteiger partial charge in [-0.25, -0.2) is 6.57 Å². The van der Waals surface area contributed by atoms with Gasteiger partial charge in [0.15, 0.2) is 0 Å². The maximum Gasteiger partial charge on any atom is 0.223 e. The molecule has 0 aromatic carbocycles. The SMILES string of the molecule is [C-]#[N+]C1CCC(NC=O)CC1. The number of carbonyl (C=O) groups excluding carboxylic acids is 1. The zero-order valence-electron chi connectivity index (χ0n) is 6.42. The summed E-state index contributed by atoms with van der Waals surface area (Å²) in [4.78, 5) is 13.5. The van der Waals surface area contributed by atoms with E-state index in [2.05, 4.69) is 10.2 Å². The van der Waals surface area contributed by atoms with Gasteiger partial charge in [-0.3, -0.25) is 4.79 Å². The molecule has 0 aromatic rings. The molecule has 0 atom stereocenters. The fraction of sp³-hybridized carbons (Fsp3) is 0.750. The fourth-order valence-corrected chi connectivity index (χ4v) is 1.47. The Balaban J connectivity index is 2.25. The Kier molecular flexibility index (Phi) is 2.91. The van der Waals surface area contributed by atoms with Crippen molar-refractivity contribution in [2.45, 2.75) is 37.8 Å². The van der Waals surface area contributed by atoms with Gasteiger partial charge < -0.3 is 10.2 Å². The second-order valence-corrected chi connectivity index (χ2v) is 2.92. The van der Waals surface area contributed by atoms with Crippen LogP contribution >= 0.6 is 0 Å². The molecule has 3 nitrogen and oxygen atoms in total. The summed E-state index contributed by atoms with van der Waals surface area (Å²) in [6.45, 7) is 6.80. The molecule has 0 bridgehead atoms. The number of carbonyl (C=O) groups is 1. The van der Waals surface area contributed by atoms with Crippen molar-refractivity contribution < 1.29 is 4.79 Å². The summed E-state index contributed by atoms with van der Waals surface area (Å²) in [6.07, 6.45) is 4.56. The van der Waals surface area contributed by atoms with Crippen LogP contribution in [0.25, 0.3) is 4.85 Å².